The molecule has 1 aliphatic rings. The Balaban J connectivity index is 2.20. The minimum absolute atomic E-state index is 0.130. The smallest absolute Gasteiger partial charge is 0.317 e. The number of urea groups is 1. The first-order valence-corrected chi connectivity index (χ1v) is 7.19. The summed E-state index contributed by atoms with van der Waals surface area (Å²) in [5, 5.41) is 11.8. The maximum absolute atomic E-state index is 11.8. The lowest BCUT2D eigenvalue weighted by molar-refractivity contribution is -0.147. The molecule has 1 saturated carbocycles. The maximum Gasteiger partial charge on any atom is 0.317 e. The number of carbonyl (C=O) groups excluding carboxylic acids is 1. The summed E-state index contributed by atoms with van der Waals surface area (Å²) in [6, 6.07) is -0.263. The number of carboxylic acid groups (broad SMARTS) is 1. The van der Waals surface area contributed by atoms with Gasteiger partial charge in [-0.15, -0.1) is 0 Å². The molecule has 2 amide bonds. The summed E-state index contributed by atoms with van der Waals surface area (Å²) in [7, 11) is 1.68. The van der Waals surface area contributed by atoms with Crippen LogP contribution in [0.4, 0.5) is 4.79 Å². The van der Waals surface area contributed by atoms with Crippen LogP contribution in [0.15, 0.2) is 0 Å². The molecule has 116 valence electrons. The number of hydrogen-bond acceptors (Lipinski definition) is 3. The second-order valence-electron chi connectivity index (χ2n) is 5.82. The number of rotatable bonds is 9. The average Bonchev–Trinajstić information content (AvgIpc) is 3.24. The van der Waals surface area contributed by atoms with Gasteiger partial charge in [0.05, 0.1) is 12.0 Å². The van der Waals surface area contributed by atoms with Gasteiger partial charge in [-0.3, -0.25) is 4.79 Å². The molecule has 1 unspecified atom stereocenters. The fourth-order valence-corrected chi connectivity index (χ4v) is 1.60. The molecule has 1 rings (SSSR count). The third kappa shape index (κ3) is 5.36. The van der Waals surface area contributed by atoms with Crippen molar-refractivity contribution in [1.82, 2.24) is 10.2 Å². The fourth-order valence-electron chi connectivity index (χ4n) is 1.60. The molecule has 0 aromatic heterocycles. The Hall–Kier alpha value is -1.30. The highest BCUT2D eigenvalue weighted by molar-refractivity contribution is 5.77. The number of nitrogens with zero attached hydrogens (tertiary/aromatic N) is 1. The molecule has 0 spiro atoms. The molecule has 1 aliphatic carbocycles. The molecule has 2 N–H and O–H groups in total. The van der Waals surface area contributed by atoms with Gasteiger partial charge in [0.25, 0.3) is 0 Å². The number of amides is 2. The highest BCUT2D eigenvalue weighted by Crippen LogP contribution is 2.28. The Labute approximate surface area is 120 Å². The van der Waals surface area contributed by atoms with Crippen LogP contribution in [0.1, 0.15) is 33.1 Å². The quantitative estimate of drug-likeness (QED) is 0.630. The Morgan fingerprint density at radius 1 is 1.45 bits per heavy atom. The van der Waals surface area contributed by atoms with Gasteiger partial charge in [-0.2, -0.15) is 0 Å². The van der Waals surface area contributed by atoms with Gasteiger partial charge in [-0.25, -0.2) is 4.79 Å². The van der Waals surface area contributed by atoms with Crippen molar-refractivity contribution >= 4 is 12.0 Å². The number of aliphatic carboxylic acids is 1. The molecule has 0 saturated heterocycles. The summed E-state index contributed by atoms with van der Waals surface area (Å²) in [6.45, 7) is 5.37. The van der Waals surface area contributed by atoms with Gasteiger partial charge in [-0.05, 0) is 32.1 Å². The lowest BCUT2D eigenvalue weighted by Gasteiger charge is -2.25. The van der Waals surface area contributed by atoms with Crippen LogP contribution < -0.4 is 5.32 Å². The molecule has 0 heterocycles. The van der Waals surface area contributed by atoms with Crippen molar-refractivity contribution in [2.24, 2.45) is 11.3 Å². The van der Waals surface area contributed by atoms with Crippen LogP contribution >= 0.6 is 0 Å². The van der Waals surface area contributed by atoms with Crippen LogP contribution in [0.25, 0.3) is 0 Å². The zero-order valence-electron chi connectivity index (χ0n) is 12.6. The number of carboxylic acids is 1. The summed E-state index contributed by atoms with van der Waals surface area (Å²) in [5.41, 5.74) is -0.918. The SMILES string of the molecule is CCC(C)(CNC(=O)N(C)CCOCC1CC1)C(=O)O. The van der Waals surface area contributed by atoms with Crippen molar-refractivity contribution in [3.63, 3.8) is 0 Å². The predicted octanol–water partition coefficient (Wildman–Crippen LogP) is 1.56. The maximum atomic E-state index is 11.8. The van der Waals surface area contributed by atoms with Crippen LogP contribution in [-0.2, 0) is 9.53 Å². The summed E-state index contributed by atoms with van der Waals surface area (Å²) in [6.07, 6.45) is 2.97. The van der Waals surface area contributed by atoms with Gasteiger partial charge in [0.1, 0.15) is 0 Å². The minimum Gasteiger partial charge on any atom is -0.481 e. The molecule has 0 bridgehead atoms. The molecule has 0 aliphatic heterocycles. The van der Waals surface area contributed by atoms with E-state index in [4.69, 9.17) is 9.84 Å². The zero-order chi connectivity index (χ0) is 15.2. The van der Waals surface area contributed by atoms with E-state index in [0.29, 0.717) is 19.6 Å². The van der Waals surface area contributed by atoms with Crippen molar-refractivity contribution in [2.75, 3.05) is 33.4 Å². The third-order valence-corrected chi connectivity index (χ3v) is 3.89. The van der Waals surface area contributed by atoms with Crippen LogP contribution in [0.2, 0.25) is 0 Å². The van der Waals surface area contributed by atoms with E-state index in [0.717, 1.165) is 12.5 Å². The predicted molar refractivity (Wildman–Crippen MR) is 75.6 cm³/mol. The summed E-state index contributed by atoms with van der Waals surface area (Å²) >= 11 is 0. The van der Waals surface area contributed by atoms with E-state index in [2.05, 4.69) is 5.32 Å². The molecule has 0 radical (unpaired) electrons. The molecular formula is C14H26N2O4. The van der Waals surface area contributed by atoms with E-state index >= 15 is 0 Å². The fraction of sp³-hybridized carbons (Fsp3) is 0.857. The normalized spacial score (nSPS) is 17.4. The van der Waals surface area contributed by atoms with Crippen molar-refractivity contribution in [2.45, 2.75) is 33.1 Å². The highest BCUT2D eigenvalue weighted by atomic mass is 16.5. The Bertz CT molecular complexity index is 344. The second kappa shape index (κ2) is 7.47. The van der Waals surface area contributed by atoms with Crippen molar-refractivity contribution in [1.29, 1.82) is 0 Å². The molecule has 6 nitrogen and oxygen atoms in total. The number of nitrogens with one attached hydrogen (secondary N) is 1. The van der Waals surface area contributed by atoms with Crippen LogP contribution in [0, 0.1) is 11.3 Å². The third-order valence-electron chi connectivity index (χ3n) is 3.89. The van der Waals surface area contributed by atoms with E-state index in [-0.39, 0.29) is 12.6 Å². The summed E-state index contributed by atoms with van der Waals surface area (Å²) < 4.78 is 5.47. The number of likely N-dealkylation sites (N-methyl/N-ethyl adjacent to an activating group) is 1. The van der Waals surface area contributed by atoms with Crippen molar-refractivity contribution in [3.05, 3.63) is 0 Å². The molecular weight excluding hydrogens is 260 g/mol. The van der Waals surface area contributed by atoms with E-state index in [1.54, 1.807) is 20.9 Å². The number of hydrogen-bond donors (Lipinski definition) is 2. The first-order chi connectivity index (χ1) is 9.39. The largest absolute Gasteiger partial charge is 0.481 e. The molecule has 1 fully saturated rings. The lowest BCUT2D eigenvalue weighted by atomic mass is 9.88. The zero-order valence-corrected chi connectivity index (χ0v) is 12.6. The Kier molecular flexibility index (Phi) is 6.26. The van der Waals surface area contributed by atoms with Crippen LogP contribution in [0.5, 0.6) is 0 Å². The minimum atomic E-state index is -0.918. The second-order valence-corrected chi connectivity index (χ2v) is 5.82. The van der Waals surface area contributed by atoms with Crippen molar-refractivity contribution in [3.8, 4) is 0 Å². The van der Waals surface area contributed by atoms with Crippen LogP contribution in [-0.4, -0.2) is 55.4 Å². The van der Waals surface area contributed by atoms with Gasteiger partial charge in [0.15, 0.2) is 0 Å². The first kappa shape index (κ1) is 16.8. The van der Waals surface area contributed by atoms with E-state index in [1.807, 2.05) is 0 Å². The van der Waals surface area contributed by atoms with Gasteiger partial charge in [-0.1, -0.05) is 6.92 Å². The van der Waals surface area contributed by atoms with Crippen molar-refractivity contribution < 1.29 is 19.4 Å². The Morgan fingerprint density at radius 2 is 2.10 bits per heavy atom. The number of ether oxygens (including phenoxy) is 1. The van der Waals surface area contributed by atoms with Crippen LogP contribution in [0.3, 0.4) is 0 Å². The van der Waals surface area contributed by atoms with E-state index < -0.39 is 11.4 Å². The molecule has 1 atom stereocenters. The van der Waals surface area contributed by atoms with E-state index in [1.165, 1.54) is 17.7 Å². The Morgan fingerprint density at radius 3 is 2.60 bits per heavy atom. The molecule has 0 aromatic carbocycles. The van der Waals surface area contributed by atoms with Gasteiger partial charge in [0, 0.05) is 26.7 Å². The van der Waals surface area contributed by atoms with E-state index in [9.17, 15) is 9.59 Å². The molecule has 0 aromatic rings. The highest BCUT2D eigenvalue weighted by Gasteiger charge is 2.31. The standard InChI is InChI=1S/C14H26N2O4/c1-4-14(2,12(17)18)10-15-13(19)16(3)7-8-20-9-11-5-6-11/h11H,4-10H2,1-3H3,(H,15,19)(H,17,18). The monoisotopic (exact) mass is 286 g/mol. The van der Waals surface area contributed by atoms with Gasteiger partial charge in [0.2, 0.25) is 0 Å². The summed E-state index contributed by atoms with van der Waals surface area (Å²) in [4.78, 5) is 24.5. The summed E-state index contributed by atoms with van der Waals surface area (Å²) in [5.74, 6) is -0.175. The first-order valence-electron chi connectivity index (χ1n) is 7.19. The molecule has 6 heteroatoms. The van der Waals surface area contributed by atoms with Gasteiger partial charge < -0.3 is 20.1 Å². The molecule has 20 heavy (non-hydrogen) atoms. The average molecular weight is 286 g/mol. The number of carbonyl (C=O) groups is 2. The lowest BCUT2D eigenvalue weighted by Crippen LogP contribution is -2.45. The van der Waals surface area contributed by atoms with Gasteiger partial charge >= 0.3 is 12.0 Å². The topological polar surface area (TPSA) is 78.9 Å².